The van der Waals surface area contributed by atoms with E-state index in [-0.39, 0.29) is 17.1 Å². The lowest BCUT2D eigenvalue weighted by Gasteiger charge is -2.29. The standard InChI is InChI=1S/C31H30N4O5.C13H11N3O/c1-5-34(19-22-17-20(2)18-27(28(22)36)35-32-25-11-6-7-12-26(25)33-35)23-15-13-21(14-16-23)9-8-10-24-29(37)39-31(3,4)40-30(24)38;1-9-6-7-13(17)12(8-9)16-14-10-4-2-3-5-11(10)15-16/h6-18,36H,5,19H2,1-4H3;2-8,17H,1H3/b9-8+;. The van der Waals surface area contributed by atoms with Gasteiger partial charge in [-0.25, -0.2) is 9.59 Å². The zero-order chi connectivity index (χ0) is 40.3. The van der Waals surface area contributed by atoms with Crippen molar-refractivity contribution in [2.45, 2.75) is 47.0 Å². The predicted molar refractivity (Wildman–Crippen MR) is 217 cm³/mol. The molecule has 1 aliphatic heterocycles. The molecule has 3 heterocycles. The molecule has 0 saturated carbocycles. The Balaban J connectivity index is 0.000000241. The fourth-order valence-electron chi connectivity index (χ4n) is 6.27. The van der Waals surface area contributed by atoms with Crippen LogP contribution in [0.25, 0.3) is 39.5 Å². The molecule has 7 aromatic rings. The van der Waals surface area contributed by atoms with Crippen LogP contribution in [0.15, 0.2) is 121 Å². The Morgan fingerprint density at radius 3 is 1.77 bits per heavy atom. The first-order chi connectivity index (χ1) is 27.4. The molecule has 2 aromatic heterocycles. The van der Waals surface area contributed by atoms with Gasteiger partial charge in [-0.2, -0.15) is 0 Å². The monoisotopic (exact) mass is 763 g/mol. The molecule has 1 fully saturated rings. The molecule has 288 valence electrons. The van der Waals surface area contributed by atoms with Gasteiger partial charge in [0, 0.05) is 38.2 Å². The van der Waals surface area contributed by atoms with Gasteiger partial charge in [0.15, 0.2) is 0 Å². The highest BCUT2D eigenvalue weighted by molar-refractivity contribution is 6.15. The number of carbonyl (C=O) groups is 2. The molecule has 1 saturated heterocycles. The van der Waals surface area contributed by atoms with Gasteiger partial charge in [0.05, 0.1) is 0 Å². The Morgan fingerprint density at radius 1 is 0.702 bits per heavy atom. The van der Waals surface area contributed by atoms with Gasteiger partial charge in [-0.1, -0.05) is 60.7 Å². The number of esters is 2. The van der Waals surface area contributed by atoms with Gasteiger partial charge < -0.3 is 24.6 Å². The zero-order valence-corrected chi connectivity index (χ0v) is 32.1. The van der Waals surface area contributed by atoms with E-state index in [1.165, 1.54) is 29.5 Å². The first-order valence-electron chi connectivity index (χ1n) is 18.3. The second-order valence-corrected chi connectivity index (χ2v) is 14.0. The minimum atomic E-state index is -1.27. The summed E-state index contributed by atoms with van der Waals surface area (Å²) in [5.74, 6) is -2.37. The Hall–Kier alpha value is -7.28. The number of aromatic nitrogens is 6. The van der Waals surface area contributed by atoms with Crippen LogP contribution in [0.4, 0.5) is 5.69 Å². The normalized spacial score (nSPS) is 13.7. The number of cyclic esters (lactones) is 2. The number of ether oxygens (including phenoxy) is 2. The molecule has 0 aliphatic carbocycles. The quantitative estimate of drug-likeness (QED) is 0.0889. The highest BCUT2D eigenvalue weighted by atomic mass is 16.7. The predicted octanol–water partition coefficient (Wildman–Crippen LogP) is 7.67. The van der Waals surface area contributed by atoms with Crippen molar-refractivity contribution in [3.05, 3.63) is 143 Å². The van der Waals surface area contributed by atoms with Crippen LogP contribution in [0.1, 0.15) is 43.0 Å². The van der Waals surface area contributed by atoms with Gasteiger partial charge in [0.25, 0.3) is 5.79 Å². The van der Waals surface area contributed by atoms with E-state index in [4.69, 9.17) is 9.47 Å². The third-order valence-corrected chi connectivity index (χ3v) is 9.12. The second-order valence-electron chi connectivity index (χ2n) is 14.0. The van der Waals surface area contributed by atoms with Crippen LogP contribution in [0.3, 0.4) is 0 Å². The Bertz CT molecular complexity index is 2590. The summed E-state index contributed by atoms with van der Waals surface area (Å²) in [6.45, 7) is 10.2. The van der Waals surface area contributed by atoms with Crippen LogP contribution in [-0.4, -0.2) is 64.5 Å². The maximum atomic E-state index is 12.1. The Kier molecular flexibility index (Phi) is 10.6. The Labute approximate surface area is 328 Å². The summed E-state index contributed by atoms with van der Waals surface area (Å²) in [6.07, 6.45) is 4.79. The number of aryl methyl sites for hydroxylation is 2. The lowest BCUT2D eigenvalue weighted by Crippen LogP contribution is -2.41. The van der Waals surface area contributed by atoms with Crippen LogP contribution < -0.4 is 4.90 Å². The second kappa shape index (κ2) is 15.8. The van der Waals surface area contributed by atoms with E-state index in [0.29, 0.717) is 24.5 Å². The number of phenols is 2. The third kappa shape index (κ3) is 8.52. The molecule has 1 aliphatic rings. The van der Waals surface area contributed by atoms with Crippen molar-refractivity contribution in [1.29, 1.82) is 0 Å². The topological polar surface area (TPSA) is 158 Å². The van der Waals surface area contributed by atoms with E-state index in [1.54, 1.807) is 18.2 Å². The first-order valence-corrected chi connectivity index (χ1v) is 18.3. The number of rotatable bonds is 8. The minimum absolute atomic E-state index is 0.139. The molecule has 0 bridgehead atoms. The molecular weight excluding hydrogens is 723 g/mol. The molecule has 0 amide bonds. The summed E-state index contributed by atoms with van der Waals surface area (Å²) in [5.41, 5.74) is 8.79. The number of benzene rings is 5. The van der Waals surface area contributed by atoms with E-state index >= 15 is 0 Å². The largest absolute Gasteiger partial charge is 0.506 e. The number of carbonyl (C=O) groups excluding carboxylic acids is 2. The molecule has 0 radical (unpaired) electrons. The SMILES string of the molecule is CCN(Cc1cc(C)cc(-n2nc3ccccc3n2)c1O)c1ccc(/C=C/C=C2C(=O)OC(C)(C)OC2=O)cc1.Cc1ccc(O)c(-n2nc3ccccc3n2)c1. The summed E-state index contributed by atoms with van der Waals surface area (Å²) in [7, 11) is 0. The third-order valence-electron chi connectivity index (χ3n) is 9.12. The van der Waals surface area contributed by atoms with Crippen molar-refractivity contribution in [2.75, 3.05) is 11.4 Å². The number of hydrogen-bond donors (Lipinski definition) is 2. The van der Waals surface area contributed by atoms with Gasteiger partial charge in [-0.15, -0.1) is 30.0 Å². The molecule has 13 heteroatoms. The first kappa shape index (κ1) is 38.0. The van der Waals surface area contributed by atoms with E-state index in [2.05, 4.69) is 32.2 Å². The van der Waals surface area contributed by atoms with Gasteiger partial charge in [0.1, 0.15) is 50.5 Å². The molecule has 0 unspecified atom stereocenters. The lowest BCUT2D eigenvalue weighted by atomic mass is 10.1. The van der Waals surface area contributed by atoms with Gasteiger partial charge >= 0.3 is 11.9 Å². The lowest BCUT2D eigenvalue weighted by molar-refractivity contribution is -0.222. The molecule has 5 aromatic carbocycles. The van der Waals surface area contributed by atoms with Crippen LogP contribution in [0, 0.1) is 13.8 Å². The summed E-state index contributed by atoms with van der Waals surface area (Å²) < 4.78 is 10.2. The number of anilines is 1. The summed E-state index contributed by atoms with van der Waals surface area (Å²) >= 11 is 0. The highest BCUT2D eigenvalue weighted by Gasteiger charge is 2.38. The van der Waals surface area contributed by atoms with Crippen LogP contribution in [0.2, 0.25) is 0 Å². The number of nitrogens with zero attached hydrogens (tertiary/aromatic N) is 7. The molecule has 57 heavy (non-hydrogen) atoms. The summed E-state index contributed by atoms with van der Waals surface area (Å²) in [4.78, 5) is 29.3. The summed E-state index contributed by atoms with van der Waals surface area (Å²) in [5, 5.41) is 38.7. The number of phenolic OH excluding ortho intramolecular Hbond substituents is 2. The van der Waals surface area contributed by atoms with Crippen molar-refractivity contribution in [3.63, 3.8) is 0 Å². The number of allylic oxidation sites excluding steroid dienone is 2. The average Bonchev–Trinajstić information content (AvgIpc) is 3.82. The van der Waals surface area contributed by atoms with E-state index in [9.17, 15) is 19.8 Å². The number of aromatic hydroxyl groups is 2. The molecule has 2 N–H and O–H groups in total. The maximum absolute atomic E-state index is 12.1. The van der Waals surface area contributed by atoms with Gasteiger partial charge in [-0.3, -0.25) is 0 Å². The van der Waals surface area contributed by atoms with E-state index < -0.39 is 17.7 Å². The maximum Gasteiger partial charge on any atom is 0.348 e. The average molecular weight is 764 g/mol. The van der Waals surface area contributed by atoms with Crippen molar-refractivity contribution in [3.8, 4) is 22.9 Å². The van der Waals surface area contributed by atoms with Crippen molar-refractivity contribution in [1.82, 2.24) is 30.0 Å². The fraction of sp³-hybridized carbons (Fsp3) is 0.182. The van der Waals surface area contributed by atoms with Crippen molar-refractivity contribution < 1.29 is 29.3 Å². The molecule has 13 nitrogen and oxygen atoms in total. The molecule has 0 spiro atoms. The van der Waals surface area contributed by atoms with Crippen molar-refractivity contribution in [2.24, 2.45) is 0 Å². The highest BCUT2D eigenvalue weighted by Crippen LogP contribution is 2.31. The summed E-state index contributed by atoms with van der Waals surface area (Å²) in [6, 6.07) is 32.3. The molecule has 0 atom stereocenters. The van der Waals surface area contributed by atoms with E-state index in [0.717, 1.165) is 50.0 Å². The van der Waals surface area contributed by atoms with Gasteiger partial charge in [-0.05, 0) is 98.1 Å². The van der Waals surface area contributed by atoms with Gasteiger partial charge in [0.2, 0.25) is 0 Å². The minimum Gasteiger partial charge on any atom is -0.506 e. The number of hydrogen-bond acceptors (Lipinski definition) is 11. The van der Waals surface area contributed by atoms with E-state index in [1.807, 2.05) is 111 Å². The smallest absolute Gasteiger partial charge is 0.348 e. The van der Waals surface area contributed by atoms with Crippen molar-refractivity contribution >= 4 is 45.8 Å². The zero-order valence-electron chi connectivity index (χ0n) is 32.1. The fourth-order valence-corrected chi connectivity index (χ4v) is 6.27. The molecular formula is C44H41N7O6. The molecule has 8 rings (SSSR count). The number of fused-ring (bicyclic) bond motifs is 2. The Morgan fingerprint density at radius 2 is 1.23 bits per heavy atom. The van der Waals surface area contributed by atoms with Crippen LogP contribution >= 0.6 is 0 Å². The van der Waals surface area contributed by atoms with Crippen LogP contribution in [0.5, 0.6) is 11.5 Å². The van der Waals surface area contributed by atoms with Crippen LogP contribution in [-0.2, 0) is 25.6 Å².